The van der Waals surface area contributed by atoms with Gasteiger partial charge >= 0.3 is 6.18 Å². The molecule has 0 aromatic rings. The second kappa shape index (κ2) is 3.40. The van der Waals surface area contributed by atoms with Crippen LogP contribution in [0.4, 0.5) is 13.2 Å². The van der Waals surface area contributed by atoms with Crippen LogP contribution in [-0.4, -0.2) is 38.9 Å². The van der Waals surface area contributed by atoms with Gasteiger partial charge in [-0.2, -0.15) is 13.2 Å². The van der Waals surface area contributed by atoms with E-state index in [2.05, 4.69) is 5.32 Å². The zero-order valence-electron chi connectivity index (χ0n) is 6.25. The summed E-state index contributed by atoms with van der Waals surface area (Å²) in [6, 6.07) is 0. The Balaban J connectivity index is 2.24. The summed E-state index contributed by atoms with van der Waals surface area (Å²) in [4.78, 5) is 0.667. The molecule has 0 bridgehead atoms. The molecule has 0 unspecified atom stereocenters. The maximum Gasteiger partial charge on any atom is 0.438 e. The monoisotopic (exact) mass is 170 g/mol. The summed E-state index contributed by atoms with van der Waals surface area (Å²) < 4.78 is 35.4. The molecular formula is C6H13F3N2+2. The molecule has 1 aliphatic heterocycles. The quantitative estimate of drug-likeness (QED) is 0.455. The van der Waals surface area contributed by atoms with Gasteiger partial charge in [0.25, 0.3) is 0 Å². The Morgan fingerprint density at radius 2 is 1.73 bits per heavy atom. The third kappa shape index (κ3) is 3.57. The minimum atomic E-state index is -3.99. The standard InChI is InChI=1S/C6H11F3N2/c7-6(8,9)5-11-3-1-10-2-4-11/h10H,1-5H2/p+2. The molecule has 0 spiro atoms. The third-order valence-corrected chi connectivity index (χ3v) is 1.85. The first-order chi connectivity index (χ1) is 5.08. The molecule has 1 fully saturated rings. The van der Waals surface area contributed by atoms with Gasteiger partial charge in [0, 0.05) is 0 Å². The van der Waals surface area contributed by atoms with Crippen molar-refractivity contribution in [3.63, 3.8) is 0 Å². The highest BCUT2D eigenvalue weighted by molar-refractivity contribution is 4.45. The van der Waals surface area contributed by atoms with E-state index in [-0.39, 0.29) is 0 Å². The number of nitrogens with two attached hydrogens (primary N) is 1. The Labute approximate surface area is 63.4 Å². The summed E-state index contributed by atoms with van der Waals surface area (Å²) >= 11 is 0. The molecule has 66 valence electrons. The van der Waals surface area contributed by atoms with Crippen molar-refractivity contribution in [2.75, 3.05) is 32.7 Å². The fourth-order valence-corrected chi connectivity index (χ4v) is 1.34. The molecule has 3 N–H and O–H groups in total. The van der Waals surface area contributed by atoms with Crippen molar-refractivity contribution < 1.29 is 23.4 Å². The van der Waals surface area contributed by atoms with Gasteiger partial charge in [0.15, 0.2) is 6.54 Å². The first-order valence-electron chi connectivity index (χ1n) is 3.80. The van der Waals surface area contributed by atoms with Crippen molar-refractivity contribution in [1.82, 2.24) is 0 Å². The van der Waals surface area contributed by atoms with Crippen LogP contribution in [0.15, 0.2) is 0 Å². The minimum absolute atomic E-state index is 0.638. The lowest BCUT2D eigenvalue weighted by Gasteiger charge is -2.22. The molecule has 0 aromatic heterocycles. The number of nitrogens with one attached hydrogen (secondary N) is 1. The van der Waals surface area contributed by atoms with Gasteiger partial charge in [-0.05, 0) is 0 Å². The van der Waals surface area contributed by atoms with E-state index >= 15 is 0 Å². The summed E-state index contributed by atoms with van der Waals surface area (Å²) in [6.07, 6.45) is -3.99. The van der Waals surface area contributed by atoms with Crippen LogP contribution >= 0.6 is 0 Å². The van der Waals surface area contributed by atoms with Gasteiger partial charge in [-0.25, -0.2) is 0 Å². The molecule has 0 amide bonds. The van der Waals surface area contributed by atoms with Crippen LogP contribution in [0.5, 0.6) is 0 Å². The van der Waals surface area contributed by atoms with Gasteiger partial charge in [0.2, 0.25) is 0 Å². The van der Waals surface area contributed by atoms with Gasteiger partial charge in [-0.1, -0.05) is 0 Å². The van der Waals surface area contributed by atoms with E-state index in [1.165, 1.54) is 0 Å². The predicted molar refractivity (Wildman–Crippen MR) is 33.3 cm³/mol. The number of hydrogen-bond acceptors (Lipinski definition) is 0. The van der Waals surface area contributed by atoms with Crippen molar-refractivity contribution >= 4 is 0 Å². The predicted octanol–water partition coefficient (Wildman–Crippen LogP) is -1.99. The van der Waals surface area contributed by atoms with Crippen LogP contribution < -0.4 is 10.2 Å². The third-order valence-electron chi connectivity index (χ3n) is 1.85. The molecule has 0 atom stereocenters. The summed E-state index contributed by atoms with van der Waals surface area (Å²) in [5, 5.41) is 2.06. The van der Waals surface area contributed by atoms with Gasteiger partial charge in [-0.3, -0.25) is 0 Å². The lowest BCUT2D eigenvalue weighted by atomic mass is 10.3. The maximum atomic E-state index is 11.8. The van der Waals surface area contributed by atoms with E-state index in [9.17, 15) is 13.2 Å². The van der Waals surface area contributed by atoms with Crippen LogP contribution in [-0.2, 0) is 0 Å². The number of alkyl halides is 3. The number of rotatable bonds is 1. The van der Waals surface area contributed by atoms with Crippen LogP contribution in [0, 0.1) is 0 Å². The summed E-state index contributed by atoms with van der Waals surface area (Å²) in [7, 11) is 0. The molecule has 1 rings (SSSR count). The van der Waals surface area contributed by atoms with Crippen molar-refractivity contribution in [2.45, 2.75) is 6.18 Å². The van der Waals surface area contributed by atoms with E-state index in [0.29, 0.717) is 18.0 Å². The molecule has 0 saturated carbocycles. The first kappa shape index (κ1) is 8.80. The average Bonchev–Trinajstić information content (AvgIpc) is 1.85. The smallest absolute Gasteiger partial charge is 0.337 e. The number of piperazine rings is 1. The van der Waals surface area contributed by atoms with E-state index < -0.39 is 12.7 Å². The van der Waals surface area contributed by atoms with Gasteiger partial charge in [-0.15, -0.1) is 0 Å². The fraction of sp³-hybridized carbons (Fsp3) is 1.00. The highest BCUT2D eigenvalue weighted by Gasteiger charge is 2.34. The molecule has 11 heavy (non-hydrogen) atoms. The average molecular weight is 170 g/mol. The zero-order chi connectivity index (χ0) is 8.32. The lowest BCUT2D eigenvalue weighted by molar-refractivity contribution is -0.954. The fourth-order valence-electron chi connectivity index (χ4n) is 1.34. The Morgan fingerprint density at radius 1 is 1.18 bits per heavy atom. The van der Waals surface area contributed by atoms with Crippen LogP contribution in [0.1, 0.15) is 0 Å². The normalized spacial score (nSPS) is 22.1. The van der Waals surface area contributed by atoms with Crippen LogP contribution in [0.2, 0.25) is 0 Å². The minimum Gasteiger partial charge on any atom is -0.337 e. The second-order valence-electron chi connectivity index (χ2n) is 2.91. The molecule has 5 heteroatoms. The van der Waals surface area contributed by atoms with Gasteiger partial charge < -0.3 is 10.2 Å². The molecule has 0 aromatic carbocycles. The van der Waals surface area contributed by atoms with Crippen molar-refractivity contribution in [1.29, 1.82) is 0 Å². The molecule has 1 heterocycles. The van der Waals surface area contributed by atoms with Crippen molar-refractivity contribution in [2.24, 2.45) is 0 Å². The highest BCUT2D eigenvalue weighted by atomic mass is 19.4. The van der Waals surface area contributed by atoms with E-state index in [1.807, 2.05) is 0 Å². The van der Waals surface area contributed by atoms with Crippen molar-refractivity contribution in [3.8, 4) is 0 Å². The number of hydrogen-bond donors (Lipinski definition) is 2. The van der Waals surface area contributed by atoms with E-state index in [4.69, 9.17) is 0 Å². The largest absolute Gasteiger partial charge is 0.438 e. The number of halogens is 3. The molecule has 0 aliphatic carbocycles. The molecule has 1 saturated heterocycles. The Kier molecular flexibility index (Phi) is 2.72. The van der Waals surface area contributed by atoms with Crippen LogP contribution in [0.3, 0.4) is 0 Å². The molecular weight excluding hydrogens is 157 g/mol. The molecule has 0 radical (unpaired) electrons. The summed E-state index contributed by atoms with van der Waals surface area (Å²) in [5.41, 5.74) is 0. The molecule has 2 nitrogen and oxygen atoms in total. The second-order valence-corrected chi connectivity index (χ2v) is 2.91. The van der Waals surface area contributed by atoms with E-state index in [1.54, 1.807) is 0 Å². The SMILES string of the molecule is FC(F)(F)C[NH+]1CC[NH2+]CC1. The Hall–Kier alpha value is -0.290. The van der Waals surface area contributed by atoms with Gasteiger partial charge in [0.05, 0.1) is 0 Å². The highest BCUT2D eigenvalue weighted by Crippen LogP contribution is 2.10. The summed E-state index contributed by atoms with van der Waals surface area (Å²) in [5.74, 6) is 0. The van der Waals surface area contributed by atoms with E-state index in [0.717, 1.165) is 13.1 Å². The number of quaternary nitrogens is 2. The maximum absolute atomic E-state index is 11.8. The molecule has 1 aliphatic rings. The lowest BCUT2D eigenvalue weighted by Crippen LogP contribution is -3.21. The first-order valence-corrected chi connectivity index (χ1v) is 3.80. The topological polar surface area (TPSA) is 21.1 Å². The Bertz CT molecular complexity index is 117. The van der Waals surface area contributed by atoms with Gasteiger partial charge in [0.1, 0.15) is 26.2 Å². The Morgan fingerprint density at radius 3 is 2.18 bits per heavy atom. The van der Waals surface area contributed by atoms with Crippen molar-refractivity contribution in [3.05, 3.63) is 0 Å². The summed E-state index contributed by atoms with van der Waals surface area (Å²) in [6.45, 7) is 2.26. The van der Waals surface area contributed by atoms with Crippen LogP contribution in [0.25, 0.3) is 0 Å². The zero-order valence-corrected chi connectivity index (χ0v) is 6.25.